The highest BCUT2D eigenvalue weighted by Crippen LogP contribution is 2.35. The fourth-order valence-corrected chi connectivity index (χ4v) is 2.49. The highest BCUT2D eigenvalue weighted by molar-refractivity contribution is 6.14. The van der Waals surface area contributed by atoms with Gasteiger partial charge in [-0.2, -0.15) is 0 Å². The second-order valence-electron chi connectivity index (χ2n) is 5.55. The van der Waals surface area contributed by atoms with E-state index in [0.717, 1.165) is 11.1 Å². The maximum atomic E-state index is 12.5. The first-order valence-corrected chi connectivity index (χ1v) is 8.01. The number of esters is 1. The van der Waals surface area contributed by atoms with Crippen LogP contribution in [0.3, 0.4) is 0 Å². The monoisotopic (exact) mass is 338 g/mol. The number of Topliss-reactive ketones (excluding diaryl/α,β-unsaturated/α-hetero) is 1. The molecule has 2 aromatic carbocycles. The molecule has 0 fully saturated rings. The quantitative estimate of drug-likeness (QED) is 0.616. The zero-order valence-electron chi connectivity index (χ0n) is 14.1. The lowest BCUT2D eigenvalue weighted by Gasteiger charge is -2.06. The molecule has 0 atom stereocenters. The Hall–Kier alpha value is -3.08. The Balaban J connectivity index is 1.77. The smallest absolute Gasteiger partial charge is 0.344 e. The van der Waals surface area contributed by atoms with Crippen molar-refractivity contribution in [2.75, 3.05) is 13.2 Å². The van der Waals surface area contributed by atoms with Crippen molar-refractivity contribution in [1.29, 1.82) is 0 Å². The number of carbonyl (C=O) groups excluding carboxylic acids is 2. The normalized spacial score (nSPS) is 14.2. The van der Waals surface area contributed by atoms with Gasteiger partial charge in [-0.1, -0.05) is 24.3 Å². The van der Waals surface area contributed by atoms with Crippen molar-refractivity contribution in [3.63, 3.8) is 0 Å². The first-order valence-electron chi connectivity index (χ1n) is 8.01. The summed E-state index contributed by atoms with van der Waals surface area (Å²) in [5.74, 6) is 0.519. The molecule has 5 heteroatoms. The Labute approximate surface area is 145 Å². The minimum Gasteiger partial charge on any atom is -0.482 e. The number of hydrogen-bond donors (Lipinski definition) is 0. The Bertz CT molecular complexity index is 851. The summed E-state index contributed by atoms with van der Waals surface area (Å²) in [4.78, 5) is 23.8. The van der Waals surface area contributed by atoms with E-state index in [1.54, 1.807) is 31.2 Å². The SMILES string of the molecule is CCOC(=O)COc1ccc2c(c1)O/C(=C/c1ccccc1C)C2=O. The van der Waals surface area contributed by atoms with Crippen molar-refractivity contribution in [2.24, 2.45) is 0 Å². The van der Waals surface area contributed by atoms with Crippen LogP contribution in [-0.4, -0.2) is 25.0 Å². The van der Waals surface area contributed by atoms with E-state index in [2.05, 4.69) is 0 Å². The van der Waals surface area contributed by atoms with Crippen molar-refractivity contribution in [3.8, 4) is 11.5 Å². The summed E-state index contributed by atoms with van der Waals surface area (Å²) < 4.78 is 15.9. The number of rotatable bonds is 5. The summed E-state index contributed by atoms with van der Waals surface area (Å²) in [6.45, 7) is 3.82. The molecule has 0 radical (unpaired) electrons. The minimum absolute atomic E-state index is 0.171. The summed E-state index contributed by atoms with van der Waals surface area (Å²) in [6, 6.07) is 12.6. The average molecular weight is 338 g/mol. The molecule has 0 spiro atoms. The van der Waals surface area contributed by atoms with E-state index in [-0.39, 0.29) is 18.1 Å². The van der Waals surface area contributed by atoms with E-state index in [4.69, 9.17) is 14.2 Å². The van der Waals surface area contributed by atoms with Crippen LogP contribution < -0.4 is 9.47 Å². The van der Waals surface area contributed by atoms with E-state index in [9.17, 15) is 9.59 Å². The van der Waals surface area contributed by atoms with Crippen molar-refractivity contribution in [3.05, 3.63) is 64.9 Å². The molecule has 0 saturated heterocycles. The van der Waals surface area contributed by atoms with Gasteiger partial charge >= 0.3 is 5.97 Å². The molecule has 0 aromatic heterocycles. The maximum absolute atomic E-state index is 12.5. The molecule has 128 valence electrons. The van der Waals surface area contributed by atoms with Gasteiger partial charge < -0.3 is 14.2 Å². The minimum atomic E-state index is -0.444. The molecule has 0 bridgehead atoms. The van der Waals surface area contributed by atoms with Gasteiger partial charge in [0.1, 0.15) is 11.5 Å². The predicted octanol–water partition coefficient (Wildman–Crippen LogP) is 3.55. The summed E-state index contributed by atoms with van der Waals surface area (Å²) >= 11 is 0. The fourth-order valence-electron chi connectivity index (χ4n) is 2.49. The number of carbonyl (C=O) groups is 2. The van der Waals surface area contributed by atoms with Crippen molar-refractivity contribution < 1.29 is 23.8 Å². The Kier molecular flexibility index (Phi) is 4.84. The first-order chi connectivity index (χ1) is 12.1. The van der Waals surface area contributed by atoms with Crippen LogP contribution in [0.25, 0.3) is 6.08 Å². The van der Waals surface area contributed by atoms with Gasteiger partial charge in [0, 0.05) is 6.07 Å². The van der Waals surface area contributed by atoms with E-state index in [0.29, 0.717) is 23.7 Å². The highest BCUT2D eigenvalue weighted by atomic mass is 16.6. The second-order valence-corrected chi connectivity index (χ2v) is 5.55. The van der Waals surface area contributed by atoms with Crippen LogP contribution in [-0.2, 0) is 9.53 Å². The predicted molar refractivity (Wildman–Crippen MR) is 92.7 cm³/mol. The molecule has 0 N–H and O–H groups in total. The van der Waals surface area contributed by atoms with Crippen LogP contribution in [0.15, 0.2) is 48.2 Å². The highest BCUT2D eigenvalue weighted by Gasteiger charge is 2.27. The third-order valence-electron chi connectivity index (χ3n) is 3.78. The lowest BCUT2D eigenvalue weighted by molar-refractivity contribution is -0.145. The molecule has 1 heterocycles. The van der Waals surface area contributed by atoms with E-state index < -0.39 is 5.97 Å². The van der Waals surface area contributed by atoms with Crippen molar-refractivity contribution >= 4 is 17.8 Å². The Morgan fingerprint density at radius 2 is 2.00 bits per heavy atom. The maximum Gasteiger partial charge on any atom is 0.344 e. The largest absolute Gasteiger partial charge is 0.482 e. The average Bonchev–Trinajstić information content (AvgIpc) is 2.91. The van der Waals surface area contributed by atoms with Crippen LogP contribution in [0.5, 0.6) is 11.5 Å². The van der Waals surface area contributed by atoms with Crippen LogP contribution in [0.1, 0.15) is 28.4 Å². The zero-order valence-corrected chi connectivity index (χ0v) is 14.1. The lowest BCUT2D eigenvalue weighted by atomic mass is 10.1. The molecule has 0 unspecified atom stereocenters. The second kappa shape index (κ2) is 7.21. The van der Waals surface area contributed by atoms with Crippen LogP contribution in [0.4, 0.5) is 0 Å². The van der Waals surface area contributed by atoms with Crippen LogP contribution in [0, 0.1) is 6.92 Å². The van der Waals surface area contributed by atoms with Gasteiger partial charge in [0.25, 0.3) is 0 Å². The fraction of sp³-hybridized carbons (Fsp3) is 0.200. The first kappa shape index (κ1) is 16.8. The molecule has 1 aliphatic rings. The molecule has 5 nitrogen and oxygen atoms in total. The summed E-state index contributed by atoms with van der Waals surface area (Å²) in [5, 5.41) is 0. The Morgan fingerprint density at radius 3 is 2.76 bits per heavy atom. The van der Waals surface area contributed by atoms with E-state index >= 15 is 0 Å². The summed E-state index contributed by atoms with van der Waals surface area (Å²) in [7, 11) is 0. The van der Waals surface area contributed by atoms with E-state index in [1.165, 1.54) is 0 Å². The molecule has 0 amide bonds. The molecule has 25 heavy (non-hydrogen) atoms. The number of aryl methyl sites for hydroxylation is 1. The molecule has 3 rings (SSSR count). The number of benzene rings is 2. The van der Waals surface area contributed by atoms with Gasteiger partial charge in [-0.05, 0) is 43.2 Å². The van der Waals surface area contributed by atoms with Gasteiger partial charge in [-0.25, -0.2) is 4.79 Å². The molecule has 2 aromatic rings. The zero-order chi connectivity index (χ0) is 17.8. The number of fused-ring (bicyclic) bond motifs is 1. The number of ketones is 1. The van der Waals surface area contributed by atoms with Gasteiger partial charge in [0.2, 0.25) is 5.78 Å². The van der Waals surface area contributed by atoms with Crippen molar-refractivity contribution in [2.45, 2.75) is 13.8 Å². The number of ether oxygens (including phenoxy) is 3. The summed E-state index contributed by atoms with van der Waals surface area (Å²) in [6.07, 6.45) is 1.73. The molecular formula is C20H18O5. The molecule has 1 aliphatic heterocycles. The standard InChI is InChI=1S/C20H18O5/c1-3-23-19(21)12-24-15-8-9-16-17(11-15)25-18(20(16)22)10-14-7-5-4-6-13(14)2/h4-11H,3,12H2,1-2H3/b18-10+. The number of hydrogen-bond acceptors (Lipinski definition) is 5. The summed E-state index contributed by atoms with van der Waals surface area (Å²) in [5.41, 5.74) is 2.46. The van der Waals surface area contributed by atoms with E-state index in [1.807, 2.05) is 31.2 Å². The van der Waals surface area contributed by atoms with Crippen LogP contribution in [0.2, 0.25) is 0 Å². The lowest BCUT2D eigenvalue weighted by Crippen LogP contribution is -2.14. The van der Waals surface area contributed by atoms with Gasteiger partial charge in [-0.15, -0.1) is 0 Å². The van der Waals surface area contributed by atoms with Gasteiger partial charge in [-0.3, -0.25) is 4.79 Å². The third-order valence-corrected chi connectivity index (χ3v) is 3.78. The number of allylic oxidation sites excluding steroid dienone is 1. The van der Waals surface area contributed by atoms with Crippen LogP contribution >= 0.6 is 0 Å². The molecule has 0 aliphatic carbocycles. The topological polar surface area (TPSA) is 61.8 Å². The molecular weight excluding hydrogens is 320 g/mol. The Morgan fingerprint density at radius 1 is 1.20 bits per heavy atom. The van der Waals surface area contributed by atoms with Gasteiger partial charge in [0.05, 0.1) is 12.2 Å². The van der Waals surface area contributed by atoms with Crippen molar-refractivity contribution in [1.82, 2.24) is 0 Å². The van der Waals surface area contributed by atoms with Gasteiger partial charge in [0.15, 0.2) is 12.4 Å². The molecule has 0 saturated carbocycles. The third kappa shape index (κ3) is 3.71.